The average molecular weight is 591 g/mol. The Balaban J connectivity index is 1.39. The molecule has 4 nitrogen and oxygen atoms in total. The number of rotatable bonds is 2. The van der Waals surface area contributed by atoms with Crippen LogP contribution in [-0.2, 0) is 0 Å². The molecule has 0 fully saturated rings. The van der Waals surface area contributed by atoms with Crippen LogP contribution in [0.3, 0.4) is 0 Å². The third-order valence-corrected chi connectivity index (χ3v) is 10.5. The van der Waals surface area contributed by atoms with Gasteiger partial charge >= 0.3 is 0 Å². The van der Waals surface area contributed by atoms with Gasteiger partial charge in [0.05, 0.1) is 33.3 Å². The van der Waals surface area contributed by atoms with Crippen LogP contribution in [0.2, 0.25) is 0 Å². The van der Waals surface area contributed by atoms with Gasteiger partial charge in [-0.1, -0.05) is 103 Å². The van der Waals surface area contributed by atoms with Crippen molar-refractivity contribution in [1.82, 2.24) is 18.9 Å². The minimum atomic E-state index is 0.696. The molecule has 0 aliphatic rings. The van der Waals surface area contributed by atoms with Crippen molar-refractivity contribution in [2.75, 3.05) is 0 Å². The number of hydrogen-bond donors (Lipinski definition) is 0. The highest BCUT2D eigenvalue weighted by Crippen LogP contribution is 2.47. The number of para-hydroxylation sites is 3. The molecule has 0 saturated carbocycles. The van der Waals surface area contributed by atoms with E-state index < -0.39 is 0 Å². The van der Waals surface area contributed by atoms with Crippen LogP contribution in [0, 0.1) is 0 Å². The zero-order valence-corrected chi connectivity index (χ0v) is 24.7. The number of hydrogen-bond acceptors (Lipinski definition) is 3. The molecule has 45 heavy (non-hydrogen) atoms. The Morgan fingerprint density at radius 3 is 1.87 bits per heavy atom. The molecule has 11 rings (SSSR count). The van der Waals surface area contributed by atoms with Gasteiger partial charge in [0.1, 0.15) is 4.83 Å². The van der Waals surface area contributed by atoms with Gasteiger partial charge in [0, 0.05) is 53.4 Å². The van der Waals surface area contributed by atoms with Gasteiger partial charge < -0.3 is 4.40 Å². The number of thiophene rings is 1. The fraction of sp³-hybridized carbons (Fsp3) is 0. The van der Waals surface area contributed by atoms with Crippen LogP contribution < -0.4 is 0 Å². The van der Waals surface area contributed by atoms with Crippen molar-refractivity contribution < 1.29 is 0 Å². The van der Waals surface area contributed by atoms with E-state index in [-0.39, 0.29) is 0 Å². The van der Waals surface area contributed by atoms with E-state index in [2.05, 4.69) is 142 Å². The lowest BCUT2D eigenvalue weighted by molar-refractivity contribution is 1.02. The third kappa shape index (κ3) is 2.96. The van der Waals surface area contributed by atoms with Crippen molar-refractivity contribution in [3.8, 4) is 17.2 Å². The second-order valence-corrected chi connectivity index (χ2v) is 12.8. The molecule has 0 saturated heterocycles. The molecule has 0 aliphatic carbocycles. The Labute approximate surface area is 260 Å². The van der Waals surface area contributed by atoms with E-state index in [1.54, 1.807) is 11.3 Å². The molecule has 5 aromatic heterocycles. The van der Waals surface area contributed by atoms with E-state index in [0.29, 0.717) is 5.95 Å². The molecule has 0 unspecified atom stereocenters. The quantitative estimate of drug-likeness (QED) is 0.201. The molecule has 0 amide bonds. The SMILES string of the molecule is c1ccc(-c2nc(-n3c4ccccc4c4cc5c6ccccc6n6c7ccccc7c(c43)c56)nc3sc4ccccc4c23)cc1. The molecule has 6 aromatic carbocycles. The van der Waals surface area contributed by atoms with Crippen LogP contribution in [0.4, 0.5) is 0 Å². The summed E-state index contributed by atoms with van der Waals surface area (Å²) < 4.78 is 5.99. The highest BCUT2D eigenvalue weighted by Gasteiger charge is 2.26. The normalized spacial score (nSPS) is 12.4. The first-order valence-electron chi connectivity index (χ1n) is 15.2. The van der Waals surface area contributed by atoms with Crippen LogP contribution in [-0.4, -0.2) is 18.9 Å². The van der Waals surface area contributed by atoms with Crippen molar-refractivity contribution in [3.05, 3.63) is 133 Å². The van der Waals surface area contributed by atoms with Gasteiger partial charge in [-0.25, -0.2) is 9.97 Å². The predicted molar refractivity (Wildman–Crippen MR) is 189 cm³/mol. The van der Waals surface area contributed by atoms with Crippen LogP contribution in [0.1, 0.15) is 0 Å². The summed E-state index contributed by atoms with van der Waals surface area (Å²) in [6, 6.07) is 47.8. The summed E-state index contributed by atoms with van der Waals surface area (Å²) in [5, 5.41) is 9.76. The van der Waals surface area contributed by atoms with Gasteiger partial charge in [0.25, 0.3) is 0 Å². The molecule has 208 valence electrons. The molecule has 0 aliphatic heterocycles. The summed E-state index contributed by atoms with van der Waals surface area (Å²) in [5.74, 6) is 0.696. The Kier molecular flexibility index (Phi) is 4.43. The van der Waals surface area contributed by atoms with Crippen molar-refractivity contribution >= 4 is 91.5 Å². The average Bonchev–Trinajstić information content (AvgIpc) is 3.83. The molecule has 0 radical (unpaired) electrons. The van der Waals surface area contributed by atoms with Crippen molar-refractivity contribution in [1.29, 1.82) is 0 Å². The Bertz CT molecular complexity index is 2980. The maximum atomic E-state index is 5.46. The molecule has 0 spiro atoms. The zero-order chi connectivity index (χ0) is 29.2. The number of benzene rings is 6. The lowest BCUT2D eigenvalue weighted by Crippen LogP contribution is -2.03. The van der Waals surface area contributed by atoms with Gasteiger partial charge in [-0.05, 0) is 30.3 Å². The minimum absolute atomic E-state index is 0.696. The second kappa shape index (κ2) is 8.44. The first kappa shape index (κ1) is 23.6. The van der Waals surface area contributed by atoms with Gasteiger partial charge in [0.2, 0.25) is 5.95 Å². The van der Waals surface area contributed by atoms with E-state index >= 15 is 0 Å². The van der Waals surface area contributed by atoms with Crippen LogP contribution in [0.15, 0.2) is 133 Å². The Morgan fingerprint density at radius 1 is 0.467 bits per heavy atom. The highest BCUT2D eigenvalue weighted by molar-refractivity contribution is 7.25. The summed E-state index contributed by atoms with van der Waals surface area (Å²) in [7, 11) is 0. The predicted octanol–water partition coefficient (Wildman–Crippen LogP) is 10.8. The molecule has 0 bridgehead atoms. The van der Waals surface area contributed by atoms with Gasteiger partial charge in [-0.2, -0.15) is 0 Å². The van der Waals surface area contributed by atoms with E-state index in [1.807, 2.05) is 0 Å². The third-order valence-electron chi connectivity index (χ3n) is 9.48. The van der Waals surface area contributed by atoms with E-state index in [1.165, 1.54) is 59.0 Å². The lowest BCUT2D eigenvalue weighted by Gasteiger charge is -2.11. The molecule has 11 aromatic rings. The Morgan fingerprint density at radius 2 is 1.07 bits per heavy atom. The largest absolute Gasteiger partial charge is 0.308 e. The maximum Gasteiger partial charge on any atom is 0.236 e. The summed E-state index contributed by atoms with van der Waals surface area (Å²) >= 11 is 1.74. The van der Waals surface area contributed by atoms with E-state index in [0.717, 1.165) is 32.5 Å². The fourth-order valence-corrected chi connectivity index (χ4v) is 8.75. The molecular weight excluding hydrogens is 569 g/mol. The molecule has 0 N–H and O–H groups in total. The molecule has 0 atom stereocenters. The van der Waals surface area contributed by atoms with Gasteiger partial charge in [-0.3, -0.25) is 4.57 Å². The highest BCUT2D eigenvalue weighted by atomic mass is 32.1. The van der Waals surface area contributed by atoms with Gasteiger partial charge in [-0.15, -0.1) is 11.3 Å². The minimum Gasteiger partial charge on any atom is -0.308 e. The summed E-state index contributed by atoms with van der Waals surface area (Å²) in [6.45, 7) is 0. The first-order chi connectivity index (χ1) is 22.3. The number of aromatic nitrogens is 4. The fourth-order valence-electron chi connectivity index (χ4n) is 7.68. The Hall–Kier alpha value is -5.78. The maximum absolute atomic E-state index is 5.46. The topological polar surface area (TPSA) is 35.1 Å². The smallest absolute Gasteiger partial charge is 0.236 e. The summed E-state index contributed by atoms with van der Waals surface area (Å²) in [4.78, 5) is 11.8. The molecule has 5 heteroatoms. The molecular formula is C40H22N4S. The number of nitrogens with zero attached hydrogens (tertiary/aromatic N) is 4. The van der Waals surface area contributed by atoms with Crippen LogP contribution in [0.25, 0.3) is 97.4 Å². The van der Waals surface area contributed by atoms with Crippen LogP contribution >= 0.6 is 11.3 Å². The van der Waals surface area contributed by atoms with Crippen molar-refractivity contribution in [3.63, 3.8) is 0 Å². The van der Waals surface area contributed by atoms with Crippen molar-refractivity contribution in [2.24, 2.45) is 0 Å². The lowest BCUT2D eigenvalue weighted by atomic mass is 10.0. The van der Waals surface area contributed by atoms with Crippen LogP contribution in [0.5, 0.6) is 0 Å². The van der Waals surface area contributed by atoms with E-state index in [9.17, 15) is 0 Å². The summed E-state index contributed by atoms with van der Waals surface area (Å²) in [6.07, 6.45) is 0. The number of fused-ring (bicyclic) bond motifs is 13. The molecule has 5 heterocycles. The monoisotopic (exact) mass is 590 g/mol. The second-order valence-electron chi connectivity index (χ2n) is 11.8. The van der Waals surface area contributed by atoms with E-state index in [4.69, 9.17) is 9.97 Å². The standard InChI is InChI=1S/C40H22N4S/c1-2-12-23(13-3-1)36-34-27-17-7-11-21-33(27)45-39(34)42-40(41-36)44-31-19-9-5-15-25(31)29-22-28-24-14-4-8-18-30(24)43-32-20-10-6-16-26(32)35(37(28)43)38(29)44/h1-22H. The zero-order valence-electron chi connectivity index (χ0n) is 23.9. The van der Waals surface area contributed by atoms with Crippen molar-refractivity contribution in [2.45, 2.75) is 0 Å². The van der Waals surface area contributed by atoms with Gasteiger partial charge in [0.15, 0.2) is 0 Å². The first-order valence-corrected chi connectivity index (χ1v) is 16.0. The summed E-state index contributed by atoms with van der Waals surface area (Å²) in [5.41, 5.74) is 8.01.